The highest BCUT2D eigenvalue weighted by Crippen LogP contribution is 2.53. The summed E-state index contributed by atoms with van der Waals surface area (Å²) in [5, 5.41) is 27.6. The minimum Gasteiger partial charge on any atom is -0.372 e. The third-order valence-electron chi connectivity index (χ3n) is 10.1. The number of nitrogens with zero attached hydrogens (tertiary/aromatic N) is 2. The van der Waals surface area contributed by atoms with Gasteiger partial charge in [-0.2, -0.15) is 0 Å². The van der Waals surface area contributed by atoms with Gasteiger partial charge in [0.25, 0.3) is 0 Å². The second kappa shape index (κ2) is 10.3. The fourth-order valence-electron chi connectivity index (χ4n) is 8.00. The first-order valence-electron chi connectivity index (χ1n) is 14.5. The van der Waals surface area contributed by atoms with Crippen LogP contribution in [0.3, 0.4) is 0 Å². The number of aliphatic hydroxyl groups is 2. The van der Waals surface area contributed by atoms with Crippen molar-refractivity contribution < 1.29 is 10.2 Å². The summed E-state index contributed by atoms with van der Waals surface area (Å²) in [7, 11) is 0. The van der Waals surface area contributed by atoms with E-state index in [1.165, 1.54) is 32.4 Å². The number of aliphatic hydroxyl groups excluding tert-OH is 1. The summed E-state index contributed by atoms with van der Waals surface area (Å²) in [6, 6.07) is 1.81. The van der Waals surface area contributed by atoms with Gasteiger partial charge in [0.1, 0.15) is 0 Å². The lowest BCUT2D eigenvalue weighted by Gasteiger charge is -2.48. The van der Waals surface area contributed by atoms with Crippen LogP contribution in [0.1, 0.15) is 59.8 Å². The molecule has 0 saturated carbocycles. The quantitative estimate of drug-likeness (QED) is 0.336. The van der Waals surface area contributed by atoms with Crippen LogP contribution in [0, 0.1) is 23.7 Å². The largest absolute Gasteiger partial charge is 0.372 e. The van der Waals surface area contributed by atoms with Gasteiger partial charge in [-0.05, 0) is 37.5 Å². The lowest BCUT2D eigenvalue weighted by atomic mass is 9.81. The van der Waals surface area contributed by atoms with Gasteiger partial charge in [0, 0.05) is 94.8 Å². The Morgan fingerprint density at radius 3 is 2.39 bits per heavy atom. The average Bonchev–Trinajstić information content (AvgIpc) is 3.55. The van der Waals surface area contributed by atoms with Crippen molar-refractivity contribution in [2.24, 2.45) is 23.7 Å². The van der Waals surface area contributed by atoms with Gasteiger partial charge in [-0.25, -0.2) is 0 Å². The normalized spacial score (nSPS) is 43.7. The van der Waals surface area contributed by atoms with Crippen molar-refractivity contribution in [3.63, 3.8) is 0 Å². The van der Waals surface area contributed by atoms with E-state index in [0.29, 0.717) is 34.4 Å². The first-order valence-corrected chi connectivity index (χ1v) is 16.3. The van der Waals surface area contributed by atoms with Crippen molar-refractivity contribution in [2.45, 2.75) is 101 Å². The number of fused-ring (bicyclic) bond motifs is 2. The Labute approximate surface area is 226 Å². The lowest BCUT2D eigenvalue weighted by molar-refractivity contribution is -0.0623. The summed E-state index contributed by atoms with van der Waals surface area (Å²) in [6.07, 6.45) is 7.03. The molecule has 4 fully saturated rings. The van der Waals surface area contributed by atoms with Crippen LogP contribution in [-0.2, 0) is 0 Å². The smallest absolute Gasteiger partial charge is 0.167 e. The van der Waals surface area contributed by atoms with Crippen LogP contribution in [0.2, 0.25) is 0 Å². The minimum atomic E-state index is -1.26. The molecule has 8 heteroatoms. The van der Waals surface area contributed by atoms with Gasteiger partial charge in [-0.15, -0.1) is 23.5 Å². The molecule has 0 aromatic rings. The summed E-state index contributed by atoms with van der Waals surface area (Å²) in [4.78, 5) is 8.55. The molecular formula is C28H46N4O2S2. The Hall–Kier alpha value is -0.380. The molecule has 0 radical (unpaired) electrons. The molecule has 0 spiro atoms. The Morgan fingerprint density at radius 1 is 0.944 bits per heavy atom. The molecule has 6 aliphatic heterocycles. The number of thioether (sulfide) groups is 2. The second-order valence-electron chi connectivity index (χ2n) is 12.3. The van der Waals surface area contributed by atoms with Crippen molar-refractivity contribution in [2.75, 3.05) is 26.2 Å². The zero-order valence-electron chi connectivity index (χ0n) is 22.4. The maximum atomic E-state index is 9.63. The highest BCUT2D eigenvalue weighted by Gasteiger charge is 2.51. The molecule has 6 rings (SSSR count). The van der Waals surface area contributed by atoms with Gasteiger partial charge in [-0.3, -0.25) is 0 Å². The lowest BCUT2D eigenvalue weighted by Crippen LogP contribution is -2.54. The molecule has 6 nitrogen and oxygen atoms in total. The molecule has 6 heterocycles. The second-order valence-corrected chi connectivity index (χ2v) is 15.0. The van der Waals surface area contributed by atoms with E-state index in [4.69, 9.17) is 0 Å². The van der Waals surface area contributed by atoms with Gasteiger partial charge in [0.05, 0.1) is 6.04 Å². The third kappa shape index (κ3) is 4.45. The molecule has 0 aromatic heterocycles. The summed E-state index contributed by atoms with van der Waals surface area (Å²) >= 11 is 4.20. The standard InChI is InChI=1S/C28H46N4O2S2/c1-5-17-12-31-14-24(15(3)25(17)31)35-20-7-19(29-10-20)8-23-27(16(4)26-18(6-2)13-32(23)26)36-21-9-22(28(33)34)30-11-21/h14-22,25-26,28-30,33-34H,5-13H2,1-4H3/t15-,16+,17-,18-,19-,20-,21-,22-,25+,26+/m0/s1. The first-order chi connectivity index (χ1) is 17.4. The molecule has 0 unspecified atom stereocenters. The van der Waals surface area contributed by atoms with Gasteiger partial charge in [-0.1, -0.05) is 27.7 Å². The molecule has 36 heavy (non-hydrogen) atoms. The average molecular weight is 535 g/mol. The molecule has 0 aliphatic carbocycles. The van der Waals surface area contributed by atoms with E-state index >= 15 is 0 Å². The van der Waals surface area contributed by atoms with Crippen molar-refractivity contribution in [3.05, 3.63) is 21.7 Å². The van der Waals surface area contributed by atoms with E-state index < -0.39 is 6.29 Å². The molecule has 0 aromatic carbocycles. The maximum absolute atomic E-state index is 9.63. The highest BCUT2D eigenvalue weighted by atomic mass is 32.2. The van der Waals surface area contributed by atoms with Crippen molar-refractivity contribution in [1.29, 1.82) is 0 Å². The topological polar surface area (TPSA) is 71.0 Å². The molecule has 4 saturated heterocycles. The number of nitrogens with one attached hydrogen (secondary N) is 2. The van der Waals surface area contributed by atoms with Crippen LogP contribution in [0.15, 0.2) is 21.7 Å². The van der Waals surface area contributed by atoms with E-state index in [1.807, 2.05) is 11.8 Å². The molecule has 4 N–H and O–H groups in total. The van der Waals surface area contributed by atoms with E-state index in [0.717, 1.165) is 43.8 Å². The van der Waals surface area contributed by atoms with Gasteiger partial charge in [0.2, 0.25) is 0 Å². The van der Waals surface area contributed by atoms with Crippen LogP contribution in [0.4, 0.5) is 0 Å². The molecule has 0 amide bonds. The molecular weight excluding hydrogens is 488 g/mol. The monoisotopic (exact) mass is 534 g/mol. The van der Waals surface area contributed by atoms with Crippen LogP contribution >= 0.6 is 23.5 Å². The number of rotatable bonds is 9. The highest BCUT2D eigenvalue weighted by molar-refractivity contribution is 8.04. The van der Waals surface area contributed by atoms with E-state index in [-0.39, 0.29) is 6.04 Å². The molecule has 10 atom stereocenters. The first kappa shape index (κ1) is 25.9. The third-order valence-corrected chi connectivity index (χ3v) is 13.1. The summed E-state index contributed by atoms with van der Waals surface area (Å²) in [5.41, 5.74) is 1.60. The molecule has 0 bridgehead atoms. The van der Waals surface area contributed by atoms with Crippen LogP contribution in [0.5, 0.6) is 0 Å². The predicted molar refractivity (Wildman–Crippen MR) is 150 cm³/mol. The Balaban J connectivity index is 1.10. The van der Waals surface area contributed by atoms with Crippen molar-refractivity contribution in [1.82, 2.24) is 20.4 Å². The van der Waals surface area contributed by atoms with Crippen LogP contribution in [-0.4, -0.2) is 87.1 Å². The summed E-state index contributed by atoms with van der Waals surface area (Å²) in [5.74, 6) is 2.99. The number of hydrogen-bond donors (Lipinski definition) is 4. The number of hydrogen-bond acceptors (Lipinski definition) is 8. The fraction of sp³-hybridized carbons (Fsp3) is 0.857. The van der Waals surface area contributed by atoms with Crippen LogP contribution < -0.4 is 10.6 Å². The van der Waals surface area contributed by atoms with E-state index in [2.05, 4.69) is 66.1 Å². The maximum Gasteiger partial charge on any atom is 0.167 e. The van der Waals surface area contributed by atoms with Crippen molar-refractivity contribution >= 4 is 23.5 Å². The summed E-state index contributed by atoms with van der Waals surface area (Å²) < 4.78 is 0. The SMILES string of the molecule is CC[C@H]1CN2C=C(S[C@@H]3CN[C@H](CC4=C(S[C@@H]5CN[C@H](C(O)O)C5)[C@H](C)[C@@H]5[C@@H](CC)CN45)C3)[C@H](C)[C@H]12. The zero-order valence-corrected chi connectivity index (χ0v) is 24.0. The minimum absolute atomic E-state index is 0.190. The predicted octanol–water partition coefficient (Wildman–Crippen LogP) is 3.39. The fourth-order valence-corrected chi connectivity index (χ4v) is 11.0. The Kier molecular flexibility index (Phi) is 7.41. The molecule has 6 aliphatic rings. The summed E-state index contributed by atoms with van der Waals surface area (Å²) in [6.45, 7) is 14.1. The van der Waals surface area contributed by atoms with Crippen molar-refractivity contribution in [3.8, 4) is 0 Å². The van der Waals surface area contributed by atoms with Gasteiger partial charge >= 0.3 is 0 Å². The van der Waals surface area contributed by atoms with E-state index in [9.17, 15) is 10.2 Å². The molecule has 202 valence electrons. The van der Waals surface area contributed by atoms with E-state index in [1.54, 1.807) is 15.5 Å². The zero-order chi connectivity index (χ0) is 25.1. The Bertz CT molecular complexity index is 897. The van der Waals surface area contributed by atoms with Crippen LogP contribution in [0.25, 0.3) is 0 Å². The van der Waals surface area contributed by atoms with Gasteiger partial charge < -0.3 is 30.6 Å². The Morgan fingerprint density at radius 2 is 1.67 bits per heavy atom. The van der Waals surface area contributed by atoms with Gasteiger partial charge in [0.15, 0.2) is 6.29 Å².